The van der Waals surface area contributed by atoms with E-state index in [-0.39, 0.29) is 24.0 Å². The van der Waals surface area contributed by atoms with Gasteiger partial charge in [0.2, 0.25) is 10.0 Å². The number of fused-ring (bicyclic) bond motifs is 4. The Hall–Kier alpha value is -3.20. The molecule has 1 aliphatic carbocycles. The topological polar surface area (TPSA) is 87.2 Å². The van der Waals surface area contributed by atoms with Crippen LogP contribution in [0.5, 0.6) is 0 Å². The van der Waals surface area contributed by atoms with E-state index in [0.29, 0.717) is 13.0 Å². The number of sulfonamides is 1. The molecule has 3 aliphatic rings. The Morgan fingerprint density at radius 1 is 0.914 bits per heavy atom. The number of amides is 1. The van der Waals surface area contributed by atoms with Crippen molar-refractivity contribution in [3.05, 3.63) is 90.0 Å². The molecule has 2 saturated heterocycles. The summed E-state index contributed by atoms with van der Waals surface area (Å²) in [4.78, 5) is 14.9. The van der Waals surface area contributed by atoms with Gasteiger partial charge in [-0.1, -0.05) is 66.7 Å². The Morgan fingerprint density at radius 3 is 2.17 bits per heavy atom. The van der Waals surface area contributed by atoms with E-state index in [4.69, 9.17) is 4.74 Å². The summed E-state index contributed by atoms with van der Waals surface area (Å²) in [5.41, 5.74) is 4.56. The van der Waals surface area contributed by atoms with Crippen LogP contribution in [0.2, 0.25) is 0 Å². The number of benzene rings is 3. The van der Waals surface area contributed by atoms with E-state index in [1.54, 1.807) is 30.3 Å². The van der Waals surface area contributed by atoms with Crippen molar-refractivity contribution >= 4 is 16.1 Å². The number of carbonyl (C=O) groups is 1. The highest BCUT2D eigenvalue weighted by molar-refractivity contribution is 7.89. The van der Waals surface area contributed by atoms with E-state index >= 15 is 0 Å². The number of ether oxygens (including phenoxy) is 1. The maximum atomic E-state index is 13.2. The Morgan fingerprint density at radius 2 is 1.51 bits per heavy atom. The molecule has 3 aromatic rings. The quantitative estimate of drug-likeness (QED) is 0.606. The smallest absolute Gasteiger partial charge is 0.410 e. The molecule has 2 aliphatic heterocycles. The summed E-state index contributed by atoms with van der Waals surface area (Å²) in [5, 5.41) is 10.8. The van der Waals surface area contributed by atoms with Crippen LogP contribution in [0, 0.1) is 0 Å². The first-order valence-corrected chi connectivity index (χ1v) is 13.3. The minimum absolute atomic E-state index is 0.0419. The molecule has 0 spiro atoms. The van der Waals surface area contributed by atoms with E-state index in [1.807, 2.05) is 24.3 Å². The van der Waals surface area contributed by atoms with E-state index in [9.17, 15) is 18.3 Å². The van der Waals surface area contributed by atoms with E-state index in [1.165, 1.54) is 9.21 Å². The Balaban J connectivity index is 1.19. The van der Waals surface area contributed by atoms with E-state index < -0.39 is 34.3 Å². The minimum atomic E-state index is -3.77. The molecule has 0 saturated carbocycles. The average Bonchev–Trinajstić information content (AvgIpc) is 3.55. The number of rotatable bonds is 4. The fourth-order valence-electron chi connectivity index (χ4n) is 5.90. The molecule has 0 aromatic heterocycles. The lowest BCUT2D eigenvalue weighted by Crippen LogP contribution is -2.45. The monoisotopic (exact) mass is 490 g/mol. The zero-order chi connectivity index (χ0) is 24.2. The van der Waals surface area contributed by atoms with Gasteiger partial charge < -0.3 is 14.7 Å². The third-order valence-electron chi connectivity index (χ3n) is 7.47. The van der Waals surface area contributed by atoms with Gasteiger partial charge in [0.15, 0.2) is 0 Å². The van der Waals surface area contributed by atoms with Gasteiger partial charge in [-0.15, -0.1) is 0 Å². The number of likely N-dealkylation sites (tertiary alicyclic amines) is 1. The number of hydrogen-bond acceptors (Lipinski definition) is 5. The van der Waals surface area contributed by atoms with Crippen molar-refractivity contribution < 1.29 is 23.1 Å². The van der Waals surface area contributed by atoms with E-state index in [2.05, 4.69) is 24.3 Å². The zero-order valence-corrected chi connectivity index (χ0v) is 19.8. The number of β-amino-alcohol motifs (C(OH)–C–C–N with tert-alkyl or cyclic N) is 1. The van der Waals surface area contributed by atoms with Crippen LogP contribution < -0.4 is 0 Å². The van der Waals surface area contributed by atoms with Gasteiger partial charge >= 0.3 is 6.09 Å². The van der Waals surface area contributed by atoms with Crippen LogP contribution in [-0.4, -0.2) is 66.7 Å². The second-order valence-electron chi connectivity index (χ2n) is 9.30. The summed E-state index contributed by atoms with van der Waals surface area (Å²) >= 11 is 0. The Bertz CT molecular complexity index is 1330. The number of nitrogens with zero attached hydrogens (tertiary/aromatic N) is 2. The summed E-state index contributed by atoms with van der Waals surface area (Å²) in [7, 11) is -3.77. The molecule has 3 aromatic carbocycles. The molecule has 35 heavy (non-hydrogen) atoms. The molecule has 3 atom stereocenters. The molecule has 2 heterocycles. The number of aliphatic hydroxyl groups excluding tert-OH is 1. The third-order valence-corrected chi connectivity index (χ3v) is 9.38. The zero-order valence-electron chi connectivity index (χ0n) is 19.0. The number of carbonyl (C=O) groups excluding carboxylic acids is 1. The summed E-state index contributed by atoms with van der Waals surface area (Å²) in [6, 6.07) is 23.4. The fourth-order valence-corrected chi connectivity index (χ4v) is 7.61. The van der Waals surface area contributed by atoms with Crippen LogP contribution in [0.25, 0.3) is 11.1 Å². The van der Waals surface area contributed by atoms with Crippen LogP contribution in [0.15, 0.2) is 83.8 Å². The lowest BCUT2D eigenvalue weighted by molar-refractivity contribution is 0.0634. The number of aliphatic hydroxyl groups is 1. The van der Waals surface area contributed by atoms with Crippen LogP contribution >= 0.6 is 0 Å². The largest absolute Gasteiger partial charge is 0.448 e. The van der Waals surface area contributed by atoms with Crippen molar-refractivity contribution in [2.24, 2.45) is 0 Å². The summed E-state index contributed by atoms with van der Waals surface area (Å²) in [5.74, 6) is -0.0618. The van der Waals surface area contributed by atoms with Crippen LogP contribution in [0.4, 0.5) is 4.79 Å². The van der Waals surface area contributed by atoms with Crippen molar-refractivity contribution in [2.45, 2.75) is 35.4 Å². The van der Waals surface area contributed by atoms with Gasteiger partial charge in [-0.25, -0.2) is 13.2 Å². The molecule has 2 fully saturated rings. The Kier molecular flexibility index (Phi) is 5.40. The van der Waals surface area contributed by atoms with E-state index in [0.717, 1.165) is 22.3 Å². The molecule has 1 N–H and O–H groups in total. The molecule has 0 radical (unpaired) electrons. The summed E-state index contributed by atoms with van der Waals surface area (Å²) < 4.78 is 33.6. The van der Waals surface area contributed by atoms with Crippen molar-refractivity contribution in [3.8, 4) is 11.1 Å². The Labute approximate surface area is 204 Å². The van der Waals surface area contributed by atoms with Crippen molar-refractivity contribution in [2.75, 3.05) is 19.7 Å². The highest BCUT2D eigenvalue weighted by Crippen LogP contribution is 2.45. The highest BCUT2D eigenvalue weighted by atomic mass is 32.2. The van der Waals surface area contributed by atoms with Gasteiger partial charge in [-0.05, 0) is 40.8 Å². The summed E-state index contributed by atoms with van der Waals surface area (Å²) in [6.07, 6.45) is -1.03. The summed E-state index contributed by atoms with van der Waals surface area (Å²) in [6.45, 7) is 0.479. The predicted molar refractivity (Wildman–Crippen MR) is 130 cm³/mol. The van der Waals surface area contributed by atoms with Crippen LogP contribution in [0.1, 0.15) is 23.5 Å². The van der Waals surface area contributed by atoms with Gasteiger partial charge in [0.05, 0.1) is 23.1 Å². The second-order valence-corrected chi connectivity index (χ2v) is 11.2. The highest BCUT2D eigenvalue weighted by Gasteiger charge is 2.54. The molecular formula is C27H26N2O5S. The van der Waals surface area contributed by atoms with Crippen LogP contribution in [-0.2, 0) is 14.8 Å². The standard InChI is InChI=1S/C27H26N2O5S/c30-25-16-29(35(32,33)18-8-2-1-3-9-18)24-14-15-28(26(24)25)27(31)34-17-23-21-12-6-4-10-19(21)20-11-5-7-13-22(20)23/h1-13,23-26,30H,14-17H2. The fraction of sp³-hybridized carbons (Fsp3) is 0.296. The van der Waals surface area contributed by atoms with Gasteiger partial charge in [-0.3, -0.25) is 0 Å². The molecule has 8 heteroatoms. The maximum absolute atomic E-state index is 13.2. The molecule has 7 nitrogen and oxygen atoms in total. The first-order chi connectivity index (χ1) is 17.0. The molecular weight excluding hydrogens is 464 g/mol. The molecule has 0 bridgehead atoms. The van der Waals surface area contributed by atoms with Gasteiger partial charge in [0.1, 0.15) is 6.61 Å². The first kappa shape index (κ1) is 22.3. The lowest BCUT2D eigenvalue weighted by atomic mass is 9.98. The molecule has 6 rings (SSSR count). The predicted octanol–water partition coefficient (Wildman–Crippen LogP) is 3.44. The van der Waals surface area contributed by atoms with Gasteiger partial charge in [0, 0.05) is 19.0 Å². The van der Waals surface area contributed by atoms with Crippen molar-refractivity contribution in [1.29, 1.82) is 0 Å². The average molecular weight is 491 g/mol. The molecule has 3 unspecified atom stereocenters. The maximum Gasteiger partial charge on any atom is 0.410 e. The second kappa shape index (κ2) is 8.48. The first-order valence-electron chi connectivity index (χ1n) is 11.8. The van der Waals surface area contributed by atoms with Gasteiger partial charge in [-0.2, -0.15) is 4.31 Å². The van der Waals surface area contributed by atoms with Crippen molar-refractivity contribution in [1.82, 2.24) is 9.21 Å². The normalized spacial score (nSPS) is 23.7. The number of hydrogen-bond donors (Lipinski definition) is 1. The lowest BCUT2D eigenvalue weighted by Gasteiger charge is -2.26. The van der Waals surface area contributed by atoms with Crippen molar-refractivity contribution in [3.63, 3.8) is 0 Å². The third kappa shape index (κ3) is 3.55. The SMILES string of the molecule is O=C(OCC1c2ccccc2-c2ccccc21)N1CCC2C1C(O)CN2S(=O)(=O)c1ccccc1. The van der Waals surface area contributed by atoms with Gasteiger partial charge in [0.25, 0.3) is 0 Å². The minimum Gasteiger partial charge on any atom is -0.448 e. The van der Waals surface area contributed by atoms with Crippen LogP contribution in [0.3, 0.4) is 0 Å². The molecule has 1 amide bonds. The molecule has 180 valence electrons.